The van der Waals surface area contributed by atoms with E-state index in [0.717, 1.165) is 0 Å². The minimum absolute atomic E-state index is 0.0784. The third-order valence-corrected chi connectivity index (χ3v) is 0.967. The lowest BCUT2D eigenvalue weighted by Crippen LogP contribution is -1.90. The molecule has 0 saturated carbocycles. The summed E-state index contributed by atoms with van der Waals surface area (Å²) >= 11 is 0. The molecule has 0 aromatic carbocycles. The first-order valence-electron chi connectivity index (χ1n) is 3.30. The minimum Gasteiger partial charge on any atom is -0.481 e. The van der Waals surface area contributed by atoms with E-state index in [1.807, 2.05) is 0 Å². The van der Waals surface area contributed by atoms with Gasteiger partial charge in [0.15, 0.2) is 0 Å². The third-order valence-electron chi connectivity index (χ3n) is 0.967. The summed E-state index contributed by atoms with van der Waals surface area (Å²) < 4.78 is 0. The number of carbonyl (C=O) groups excluding carboxylic acids is 1. The van der Waals surface area contributed by atoms with Crippen LogP contribution in [-0.2, 0) is 9.59 Å². The van der Waals surface area contributed by atoms with Crippen LogP contribution in [0.3, 0.4) is 0 Å². The van der Waals surface area contributed by atoms with Crippen molar-refractivity contribution in [3.63, 3.8) is 0 Å². The van der Waals surface area contributed by atoms with Crippen LogP contribution in [0.4, 0.5) is 0 Å². The van der Waals surface area contributed by atoms with Gasteiger partial charge in [-0.05, 0) is 6.92 Å². The van der Waals surface area contributed by atoms with Crippen LogP contribution in [0.2, 0.25) is 0 Å². The Bertz CT molecular complexity index is 207. The average Bonchev–Trinajstić information content (AvgIpc) is 1.85. The molecule has 0 rings (SSSR count). The maximum Gasteiger partial charge on any atom is 0.315 e. The fourth-order valence-electron chi connectivity index (χ4n) is 0.465. The average molecular weight is 154 g/mol. The number of carboxylic acid groups (broad SMARTS) is 1. The highest BCUT2D eigenvalue weighted by Gasteiger charge is 1.90. The van der Waals surface area contributed by atoms with Crippen LogP contribution < -0.4 is 0 Å². The second-order valence-corrected chi connectivity index (χ2v) is 2.13. The summed E-state index contributed by atoms with van der Waals surface area (Å²) in [5, 5.41) is 8.15. The summed E-state index contributed by atoms with van der Waals surface area (Å²) in [4.78, 5) is 20.3. The number of carboxylic acids is 1. The van der Waals surface area contributed by atoms with Gasteiger partial charge in [0.2, 0.25) is 0 Å². The van der Waals surface area contributed by atoms with Crippen molar-refractivity contribution >= 4 is 11.8 Å². The molecule has 0 aliphatic rings. The van der Waals surface area contributed by atoms with Crippen LogP contribution in [0, 0.1) is 11.8 Å². The van der Waals surface area contributed by atoms with Crippen molar-refractivity contribution in [1.29, 1.82) is 0 Å². The highest BCUT2D eigenvalue weighted by Crippen LogP contribution is 1.87. The number of hydrogen-bond acceptors (Lipinski definition) is 2. The highest BCUT2D eigenvalue weighted by molar-refractivity contribution is 5.75. The summed E-state index contributed by atoms with van der Waals surface area (Å²) in [5.41, 5.74) is 0. The SMILES string of the molecule is CC(=O)CCC#CCC(=O)O. The van der Waals surface area contributed by atoms with Gasteiger partial charge < -0.3 is 5.11 Å². The van der Waals surface area contributed by atoms with E-state index >= 15 is 0 Å². The molecular formula is C8H10O3. The van der Waals surface area contributed by atoms with Crippen molar-refractivity contribution in [1.82, 2.24) is 0 Å². The molecule has 0 aliphatic carbocycles. The van der Waals surface area contributed by atoms with Gasteiger partial charge in [0.25, 0.3) is 0 Å². The molecule has 0 radical (unpaired) electrons. The van der Waals surface area contributed by atoms with Crippen LogP contribution in [-0.4, -0.2) is 16.9 Å². The van der Waals surface area contributed by atoms with Crippen LogP contribution >= 0.6 is 0 Å². The van der Waals surface area contributed by atoms with E-state index < -0.39 is 5.97 Å². The van der Waals surface area contributed by atoms with E-state index in [0.29, 0.717) is 12.8 Å². The standard InChI is InChI=1S/C8H10O3/c1-7(9)5-3-2-4-6-8(10)11/h3,5-6H2,1H3,(H,10,11). The van der Waals surface area contributed by atoms with Gasteiger partial charge in [0.05, 0.1) is 0 Å². The molecule has 0 bridgehead atoms. The van der Waals surface area contributed by atoms with Crippen molar-refractivity contribution in [2.45, 2.75) is 26.2 Å². The monoisotopic (exact) mass is 154 g/mol. The van der Waals surface area contributed by atoms with E-state index in [1.54, 1.807) is 0 Å². The first-order valence-corrected chi connectivity index (χ1v) is 3.30. The molecule has 3 heteroatoms. The molecule has 60 valence electrons. The Morgan fingerprint density at radius 1 is 1.36 bits per heavy atom. The molecule has 0 aromatic heterocycles. The number of aliphatic carboxylic acids is 1. The molecule has 0 aromatic rings. The zero-order chi connectivity index (χ0) is 8.69. The van der Waals surface area contributed by atoms with Crippen molar-refractivity contribution in [3.05, 3.63) is 0 Å². The number of carbonyl (C=O) groups is 2. The molecule has 0 unspecified atom stereocenters. The Morgan fingerprint density at radius 3 is 2.45 bits per heavy atom. The van der Waals surface area contributed by atoms with Crippen molar-refractivity contribution in [3.8, 4) is 11.8 Å². The van der Waals surface area contributed by atoms with Gasteiger partial charge in [-0.2, -0.15) is 0 Å². The van der Waals surface area contributed by atoms with Crippen LogP contribution in [0.5, 0.6) is 0 Å². The number of ketones is 1. The highest BCUT2D eigenvalue weighted by atomic mass is 16.4. The minimum atomic E-state index is -0.930. The van der Waals surface area contributed by atoms with Gasteiger partial charge >= 0.3 is 5.97 Å². The van der Waals surface area contributed by atoms with Gasteiger partial charge in [0.1, 0.15) is 12.2 Å². The lowest BCUT2D eigenvalue weighted by Gasteiger charge is -1.83. The number of hydrogen-bond donors (Lipinski definition) is 1. The second kappa shape index (κ2) is 5.48. The first kappa shape index (κ1) is 9.70. The van der Waals surface area contributed by atoms with Crippen LogP contribution in [0.1, 0.15) is 26.2 Å². The van der Waals surface area contributed by atoms with Crippen LogP contribution in [0.25, 0.3) is 0 Å². The maximum atomic E-state index is 10.4. The summed E-state index contributed by atoms with van der Waals surface area (Å²) in [6.07, 6.45) is 0.729. The molecular weight excluding hydrogens is 144 g/mol. The third kappa shape index (κ3) is 8.70. The first-order chi connectivity index (χ1) is 5.13. The Balaban J connectivity index is 3.41. The molecule has 0 heterocycles. The summed E-state index contributed by atoms with van der Waals surface area (Å²) in [5.74, 6) is 4.18. The summed E-state index contributed by atoms with van der Waals surface area (Å²) in [6.45, 7) is 1.48. The quantitative estimate of drug-likeness (QED) is 0.612. The van der Waals surface area contributed by atoms with E-state index in [1.165, 1.54) is 6.92 Å². The molecule has 1 N–H and O–H groups in total. The maximum absolute atomic E-state index is 10.4. The van der Waals surface area contributed by atoms with E-state index in [4.69, 9.17) is 5.11 Å². The Kier molecular flexibility index (Phi) is 4.83. The van der Waals surface area contributed by atoms with E-state index in [-0.39, 0.29) is 12.2 Å². The van der Waals surface area contributed by atoms with Gasteiger partial charge in [-0.3, -0.25) is 9.59 Å². The lowest BCUT2D eigenvalue weighted by atomic mass is 10.2. The van der Waals surface area contributed by atoms with Crippen molar-refractivity contribution in [2.75, 3.05) is 0 Å². The predicted octanol–water partition coefficient (Wildman–Crippen LogP) is 0.834. The summed E-state index contributed by atoms with van der Waals surface area (Å²) in [7, 11) is 0. The molecule has 0 atom stereocenters. The number of rotatable bonds is 3. The number of Topliss-reactive ketones (excluding diaryl/α,β-unsaturated/α-hetero) is 1. The molecule has 0 aliphatic heterocycles. The molecule has 3 nitrogen and oxygen atoms in total. The zero-order valence-corrected chi connectivity index (χ0v) is 6.39. The van der Waals surface area contributed by atoms with Gasteiger partial charge in [-0.1, -0.05) is 5.92 Å². The normalized spacial score (nSPS) is 8.09. The Morgan fingerprint density at radius 2 is 2.00 bits per heavy atom. The molecule has 0 amide bonds. The molecule has 0 saturated heterocycles. The summed E-state index contributed by atoms with van der Waals surface area (Å²) in [6, 6.07) is 0. The fraction of sp³-hybridized carbons (Fsp3) is 0.500. The topological polar surface area (TPSA) is 54.4 Å². The van der Waals surface area contributed by atoms with E-state index in [9.17, 15) is 9.59 Å². The zero-order valence-electron chi connectivity index (χ0n) is 6.39. The largest absolute Gasteiger partial charge is 0.481 e. The van der Waals surface area contributed by atoms with E-state index in [2.05, 4.69) is 11.8 Å². The van der Waals surface area contributed by atoms with Crippen molar-refractivity contribution < 1.29 is 14.7 Å². The van der Waals surface area contributed by atoms with Crippen molar-refractivity contribution in [2.24, 2.45) is 0 Å². The molecule has 11 heavy (non-hydrogen) atoms. The second-order valence-electron chi connectivity index (χ2n) is 2.13. The molecule has 0 fully saturated rings. The lowest BCUT2D eigenvalue weighted by molar-refractivity contribution is -0.135. The molecule has 0 spiro atoms. The van der Waals surface area contributed by atoms with Gasteiger partial charge in [-0.15, -0.1) is 5.92 Å². The van der Waals surface area contributed by atoms with Crippen LogP contribution in [0.15, 0.2) is 0 Å². The Labute approximate surface area is 65.4 Å². The predicted molar refractivity (Wildman–Crippen MR) is 39.9 cm³/mol. The fourth-order valence-corrected chi connectivity index (χ4v) is 0.465. The van der Waals surface area contributed by atoms with Gasteiger partial charge in [-0.25, -0.2) is 0 Å². The smallest absolute Gasteiger partial charge is 0.315 e. The Hall–Kier alpha value is -1.30. The van der Waals surface area contributed by atoms with Gasteiger partial charge in [0, 0.05) is 12.8 Å².